The molecule has 0 bridgehead atoms. The molecule has 1 saturated carbocycles. The Morgan fingerprint density at radius 3 is 2.70 bits per heavy atom. The standard InChI is InChI=1S/C14H24N4O3S2/c1-23(20,21)8-7-11(15)13(19)16-14-18-17-12(22-14)9-10-5-3-2-4-6-10/h10-11H,2-9,15H2,1H3,(H,16,18,19). The summed E-state index contributed by atoms with van der Waals surface area (Å²) in [7, 11) is -3.12. The van der Waals surface area contributed by atoms with Crippen molar-refractivity contribution in [1.82, 2.24) is 10.2 Å². The normalized spacial score (nSPS) is 17.8. The third-order valence-corrected chi connectivity index (χ3v) is 5.86. The average molecular weight is 361 g/mol. The number of nitrogens with zero attached hydrogens (tertiary/aromatic N) is 2. The molecular weight excluding hydrogens is 336 g/mol. The first-order valence-electron chi connectivity index (χ1n) is 7.90. The van der Waals surface area contributed by atoms with Crippen LogP contribution < -0.4 is 11.1 Å². The summed E-state index contributed by atoms with van der Waals surface area (Å²) in [4.78, 5) is 11.9. The van der Waals surface area contributed by atoms with Crippen LogP contribution in [-0.2, 0) is 21.1 Å². The van der Waals surface area contributed by atoms with Gasteiger partial charge >= 0.3 is 0 Å². The van der Waals surface area contributed by atoms with Crippen molar-refractivity contribution in [3.8, 4) is 0 Å². The molecule has 0 aromatic carbocycles. The van der Waals surface area contributed by atoms with E-state index < -0.39 is 21.8 Å². The molecule has 1 aliphatic rings. The number of carbonyl (C=O) groups excluding carboxylic acids is 1. The molecule has 23 heavy (non-hydrogen) atoms. The van der Waals surface area contributed by atoms with E-state index in [-0.39, 0.29) is 12.2 Å². The predicted molar refractivity (Wildman–Crippen MR) is 91.1 cm³/mol. The number of hydrogen-bond acceptors (Lipinski definition) is 7. The zero-order valence-corrected chi connectivity index (χ0v) is 15.0. The summed E-state index contributed by atoms with van der Waals surface area (Å²) in [5.41, 5.74) is 5.71. The van der Waals surface area contributed by atoms with Crippen molar-refractivity contribution in [2.45, 2.75) is 51.0 Å². The molecule has 0 saturated heterocycles. The molecule has 3 N–H and O–H groups in total. The van der Waals surface area contributed by atoms with Crippen LogP contribution in [0.4, 0.5) is 5.13 Å². The van der Waals surface area contributed by atoms with Gasteiger partial charge in [-0.05, 0) is 12.3 Å². The van der Waals surface area contributed by atoms with Crippen LogP contribution in [0.25, 0.3) is 0 Å². The molecule has 130 valence electrons. The number of nitrogens with two attached hydrogens (primary N) is 1. The van der Waals surface area contributed by atoms with Crippen molar-refractivity contribution in [3.63, 3.8) is 0 Å². The summed E-state index contributed by atoms with van der Waals surface area (Å²) in [6.45, 7) is 0. The van der Waals surface area contributed by atoms with E-state index in [0.717, 1.165) is 17.7 Å². The monoisotopic (exact) mass is 360 g/mol. The topological polar surface area (TPSA) is 115 Å². The first kappa shape index (κ1) is 18.3. The van der Waals surface area contributed by atoms with E-state index in [4.69, 9.17) is 5.73 Å². The Kier molecular flexibility index (Phi) is 6.49. The Labute approximate surface area is 141 Å². The lowest BCUT2D eigenvalue weighted by atomic mass is 9.87. The number of anilines is 1. The minimum absolute atomic E-state index is 0.0956. The zero-order valence-electron chi connectivity index (χ0n) is 13.3. The van der Waals surface area contributed by atoms with Crippen LogP contribution in [0, 0.1) is 5.92 Å². The maximum atomic E-state index is 11.9. The van der Waals surface area contributed by atoms with Gasteiger partial charge in [-0.1, -0.05) is 43.4 Å². The van der Waals surface area contributed by atoms with Gasteiger partial charge in [0.25, 0.3) is 0 Å². The van der Waals surface area contributed by atoms with Crippen LogP contribution >= 0.6 is 11.3 Å². The van der Waals surface area contributed by atoms with Crippen LogP contribution in [0.15, 0.2) is 0 Å². The van der Waals surface area contributed by atoms with Crippen molar-refractivity contribution in [2.75, 3.05) is 17.3 Å². The number of carbonyl (C=O) groups is 1. The SMILES string of the molecule is CS(=O)(=O)CCC(N)C(=O)Nc1nnc(CC2CCCCC2)s1. The second-order valence-corrected chi connectivity index (χ2v) is 9.55. The van der Waals surface area contributed by atoms with E-state index in [1.165, 1.54) is 43.4 Å². The van der Waals surface area contributed by atoms with E-state index >= 15 is 0 Å². The van der Waals surface area contributed by atoms with Gasteiger partial charge in [0.15, 0.2) is 0 Å². The van der Waals surface area contributed by atoms with Crippen LogP contribution in [-0.4, -0.2) is 42.6 Å². The maximum absolute atomic E-state index is 11.9. The molecule has 0 radical (unpaired) electrons. The summed E-state index contributed by atoms with van der Waals surface area (Å²) < 4.78 is 22.2. The van der Waals surface area contributed by atoms with Gasteiger partial charge in [0.2, 0.25) is 11.0 Å². The van der Waals surface area contributed by atoms with E-state index in [1.807, 2.05) is 0 Å². The molecule has 1 heterocycles. The van der Waals surface area contributed by atoms with Crippen molar-refractivity contribution in [2.24, 2.45) is 11.7 Å². The van der Waals surface area contributed by atoms with E-state index in [9.17, 15) is 13.2 Å². The lowest BCUT2D eigenvalue weighted by molar-refractivity contribution is -0.117. The largest absolute Gasteiger partial charge is 0.320 e. The quantitative estimate of drug-likeness (QED) is 0.758. The third-order valence-electron chi connectivity index (χ3n) is 4.02. The van der Waals surface area contributed by atoms with Gasteiger partial charge in [0, 0.05) is 12.7 Å². The average Bonchev–Trinajstić information content (AvgIpc) is 2.92. The van der Waals surface area contributed by atoms with Gasteiger partial charge in [0.1, 0.15) is 14.8 Å². The third kappa shape index (κ3) is 6.52. The second-order valence-electron chi connectivity index (χ2n) is 6.22. The van der Waals surface area contributed by atoms with Crippen LogP contribution in [0.2, 0.25) is 0 Å². The maximum Gasteiger partial charge on any atom is 0.243 e. The Morgan fingerprint density at radius 1 is 1.35 bits per heavy atom. The first-order valence-corrected chi connectivity index (χ1v) is 10.8. The molecule has 1 fully saturated rings. The summed E-state index contributed by atoms with van der Waals surface area (Å²) in [6.07, 6.45) is 8.48. The Bertz CT molecular complexity index is 624. The van der Waals surface area contributed by atoms with Crippen LogP contribution in [0.3, 0.4) is 0 Å². The molecule has 1 aromatic heterocycles. The molecule has 9 heteroatoms. The van der Waals surface area contributed by atoms with Crippen LogP contribution in [0.5, 0.6) is 0 Å². The number of rotatable bonds is 7. The van der Waals surface area contributed by atoms with E-state index in [0.29, 0.717) is 11.0 Å². The Balaban J connectivity index is 1.81. The Hall–Kier alpha value is -1.06. The fourth-order valence-corrected chi connectivity index (χ4v) is 4.23. The molecule has 2 rings (SSSR count). The molecule has 7 nitrogen and oxygen atoms in total. The smallest absolute Gasteiger partial charge is 0.243 e. The van der Waals surface area contributed by atoms with Gasteiger partial charge in [-0.2, -0.15) is 0 Å². The van der Waals surface area contributed by atoms with Gasteiger partial charge < -0.3 is 5.73 Å². The fraction of sp³-hybridized carbons (Fsp3) is 0.786. The number of sulfone groups is 1. The van der Waals surface area contributed by atoms with Gasteiger partial charge in [-0.3, -0.25) is 10.1 Å². The summed E-state index contributed by atoms with van der Waals surface area (Å²) in [5, 5.41) is 12.1. The molecule has 1 unspecified atom stereocenters. The number of nitrogens with one attached hydrogen (secondary N) is 1. The van der Waals surface area contributed by atoms with Crippen molar-refractivity contribution in [1.29, 1.82) is 0 Å². The second kappa shape index (κ2) is 8.16. The number of hydrogen-bond donors (Lipinski definition) is 2. The highest BCUT2D eigenvalue weighted by Crippen LogP contribution is 2.28. The number of amides is 1. The molecule has 1 aliphatic carbocycles. The minimum atomic E-state index is -3.12. The molecule has 1 amide bonds. The van der Waals surface area contributed by atoms with Crippen LogP contribution in [0.1, 0.15) is 43.5 Å². The highest BCUT2D eigenvalue weighted by Gasteiger charge is 2.19. The summed E-state index contributed by atoms with van der Waals surface area (Å²) >= 11 is 1.37. The number of aromatic nitrogens is 2. The highest BCUT2D eigenvalue weighted by atomic mass is 32.2. The lowest BCUT2D eigenvalue weighted by Crippen LogP contribution is -2.37. The van der Waals surface area contributed by atoms with E-state index in [1.54, 1.807) is 0 Å². The molecule has 1 aromatic rings. The van der Waals surface area contributed by atoms with Gasteiger partial charge in [-0.25, -0.2) is 8.42 Å². The van der Waals surface area contributed by atoms with E-state index in [2.05, 4.69) is 15.5 Å². The van der Waals surface area contributed by atoms with Crippen molar-refractivity contribution in [3.05, 3.63) is 5.01 Å². The Morgan fingerprint density at radius 2 is 2.04 bits per heavy atom. The molecular formula is C14H24N4O3S2. The van der Waals surface area contributed by atoms with Crippen molar-refractivity contribution >= 4 is 32.2 Å². The molecule has 0 spiro atoms. The van der Waals surface area contributed by atoms with Gasteiger partial charge in [-0.15, -0.1) is 10.2 Å². The molecule has 1 atom stereocenters. The van der Waals surface area contributed by atoms with Gasteiger partial charge in [0.05, 0.1) is 11.8 Å². The highest BCUT2D eigenvalue weighted by molar-refractivity contribution is 7.90. The summed E-state index contributed by atoms with van der Waals surface area (Å²) in [5.74, 6) is 0.135. The van der Waals surface area contributed by atoms with Crippen molar-refractivity contribution < 1.29 is 13.2 Å². The predicted octanol–water partition coefficient (Wildman–Crippen LogP) is 1.36. The fourth-order valence-electron chi connectivity index (χ4n) is 2.70. The summed E-state index contributed by atoms with van der Waals surface area (Å²) in [6, 6.07) is -0.865. The minimum Gasteiger partial charge on any atom is -0.320 e. The zero-order chi connectivity index (χ0) is 16.9. The first-order chi connectivity index (χ1) is 10.8. The molecule has 0 aliphatic heterocycles. The lowest BCUT2D eigenvalue weighted by Gasteiger charge is -2.19.